The topological polar surface area (TPSA) is 77.4 Å². The second kappa shape index (κ2) is 15.1. The molecular weight excluding hydrogens is 315 g/mol. The Morgan fingerprint density at radius 2 is 1.29 bits per heavy atom. The van der Waals surface area contributed by atoms with Crippen LogP contribution in [0.5, 0.6) is 0 Å². The number of aliphatic hydroxyl groups excluding tert-OH is 1. The molecule has 1 N–H and O–H groups in total. The van der Waals surface area contributed by atoms with Crippen molar-refractivity contribution in [1.82, 2.24) is 0 Å². The zero-order valence-electron chi connectivity index (χ0n) is 14.0. The van der Waals surface area contributed by atoms with Crippen molar-refractivity contribution in [3.8, 4) is 0 Å². The van der Waals surface area contributed by atoms with E-state index in [0.717, 1.165) is 19.3 Å². The van der Waals surface area contributed by atoms with Gasteiger partial charge in [-0.1, -0.05) is 71.1 Å². The summed E-state index contributed by atoms with van der Waals surface area (Å²) >= 11 is 0. The molecule has 0 aromatic carbocycles. The Balaban J connectivity index is 0. The molecule has 2 atom stereocenters. The van der Waals surface area contributed by atoms with E-state index in [1.807, 2.05) is 0 Å². The van der Waals surface area contributed by atoms with E-state index in [4.69, 9.17) is 0 Å². The van der Waals surface area contributed by atoms with Gasteiger partial charge in [0.05, 0.1) is 21.5 Å². The van der Waals surface area contributed by atoms with E-state index in [0.29, 0.717) is 6.42 Å². The summed E-state index contributed by atoms with van der Waals surface area (Å²) in [4.78, 5) is 0. The van der Waals surface area contributed by atoms with Crippen LogP contribution >= 0.6 is 0 Å². The van der Waals surface area contributed by atoms with Crippen LogP contribution < -0.4 is 51.4 Å². The maximum Gasteiger partial charge on any atom is 1.00 e. The molecule has 0 radical (unpaired) electrons. The van der Waals surface area contributed by atoms with Crippen molar-refractivity contribution in [2.45, 2.75) is 95.8 Å². The Labute approximate surface area is 173 Å². The van der Waals surface area contributed by atoms with Gasteiger partial charge in [-0.15, -0.1) is 0 Å². The summed E-state index contributed by atoms with van der Waals surface area (Å²) in [6.07, 6.45) is 11.3. The Morgan fingerprint density at radius 3 is 1.67 bits per heavy atom. The van der Waals surface area contributed by atoms with Crippen molar-refractivity contribution in [1.29, 1.82) is 0 Å². The molecule has 0 saturated heterocycles. The van der Waals surface area contributed by atoms with Crippen LogP contribution in [0.4, 0.5) is 0 Å². The summed E-state index contributed by atoms with van der Waals surface area (Å²) in [6.45, 7) is 3.50. The molecule has 0 aliphatic heterocycles. The molecule has 0 aliphatic carbocycles. The fourth-order valence-electron chi connectivity index (χ4n) is 2.27. The van der Waals surface area contributed by atoms with Crippen molar-refractivity contribution >= 4 is 10.1 Å². The summed E-state index contributed by atoms with van der Waals surface area (Å²) in [6, 6.07) is 0. The van der Waals surface area contributed by atoms with Crippen LogP contribution in [-0.2, 0) is 10.1 Å². The standard InChI is InChI=1S/C15H32O4S.K/c1-3-4-5-6-7-8-9-10-11-12-13-15(16)14(2)20(17,18)19;/h14-16H,3-13H2,1-2H3,(H,17,18,19);/q;+1/p-1. The van der Waals surface area contributed by atoms with Crippen molar-refractivity contribution in [3.05, 3.63) is 0 Å². The summed E-state index contributed by atoms with van der Waals surface area (Å²) in [5, 5.41) is 8.40. The monoisotopic (exact) mass is 346 g/mol. The van der Waals surface area contributed by atoms with Crippen molar-refractivity contribution in [2.24, 2.45) is 0 Å². The molecule has 0 amide bonds. The molecule has 0 rings (SSSR count). The number of hydrogen-bond donors (Lipinski definition) is 1. The van der Waals surface area contributed by atoms with Crippen molar-refractivity contribution < 1.29 is 69.5 Å². The van der Waals surface area contributed by atoms with Crippen LogP contribution in [-0.4, -0.2) is 29.4 Å². The predicted octanol–water partition coefficient (Wildman–Crippen LogP) is 0.596. The van der Waals surface area contributed by atoms with Gasteiger partial charge in [0, 0.05) is 0 Å². The first-order valence-corrected chi connectivity index (χ1v) is 9.49. The molecule has 2 unspecified atom stereocenters. The van der Waals surface area contributed by atoms with Crippen LogP contribution in [0.25, 0.3) is 0 Å². The Morgan fingerprint density at radius 1 is 0.905 bits per heavy atom. The molecule has 0 heterocycles. The van der Waals surface area contributed by atoms with Gasteiger partial charge in [-0.05, 0) is 13.3 Å². The van der Waals surface area contributed by atoms with Crippen LogP contribution in [0.15, 0.2) is 0 Å². The zero-order valence-corrected chi connectivity index (χ0v) is 18.0. The van der Waals surface area contributed by atoms with Gasteiger partial charge in [-0.2, -0.15) is 0 Å². The maximum absolute atomic E-state index is 10.7. The molecule has 0 aromatic rings. The molecule has 0 bridgehead atoms. The van der Waals surface area contributed by atoms with Gasteiger partial charge in [0.25, 0.3) is 0 Å². The number of unbranched alkanes of at least 4 members (excludes halogenated alkanes) is 9. The number of aliphatic hydroxyl groups is 1. The molecule has 0 aromatic heterocycles. The normalized spacial score (nSPS) is 14.5. The minimum Gasteiger partial charge on any atom is -0.748 e. The van der Waals surface area contributed by atoms with E-state index < -0.39 is 21.5 Å². The van der Waals surface area contributed by atoms with Gasteiger partial charge in [0.1, 0.15) is 0 Å². The third-order valence-corrected chi connectivity index (χ3v) is 5.08. The second-order valence-electron chi connectivity index (χ2n) is 5.74. The average Bonchev–Trinajstić information content (AvgIpc) is 2.38. The quantitative estimate of drug-likeness (QED) is 0.301. The van der Waals surface area contributed by atoms with E-state index >= 15 is 0 Å². The molecule has 0 fully saturated rings. The van der Waals surface area contributed by atoms with Gasteiger partial charge >= 0.3 is 51.4 Å². The smallest absolute Gasteiger partial charge is 0.748 e. The van der Waals surface area contributed by atoms with Crippen LogP contribution in [0.1, 0.15) is 84.5 Å². The zero-order chi connectivity index (χ0) is 15.4. The summed E-state index contributed by atoms with van der Waals surface area (Å²) in [7, 11) is -4.36. The van der Waals surface area contributed by atoms with Gasteiger partial charge in [-0.25, -0.2) is 8.42 Å². The van der Waals surface area contributed by atoms with Gasteiger partial charge in [0.2, 0.25) is 0 Å². The van der Waals surface area contributed by atoms with E-state index in [-0.39, 0.29) is 51.4 Å². The Kier molecular flexibility index (Phi) is 17.8. The van der Waals surface area contributed by atoms with Gasteiger partial charge < -0.3 is 9.66 Å². The van der Waals surface area contributed by atoms with Gasteiger partial charge in [-0.3, -0.25) is 0 Å². The molecular formula is C15H31KO4S. The number of rotatable bonds is 13. The largest absolute Gasteiger partial charge is 1.00 e. The summed E-state index contributed by atoms with van der Waals surface area (Å²) < 4.78 is 32.2. The molecule has 0 spiro atoms. The first-order chi connectivity index (χ1) is 9.39. The third-order valence-electron chi connectivity index (χ3n) is 3.85. The van der Waals surface area contributed by atoms with E-state index in [2.05, 4.69) is 6.92 Å². The molecule has 0 aliphatic rings. The Bertz CT molecular complexity index is 320. The second-order valence-corrected chi connectivity index (χ2v) is 7.47. The molecule has 6 heteroatoms. The van der Waals surface area contributed by atoms with Gasteiger partial charge in [0.15, 0.2) is 0 Å². The molecule has 4 nitrogen and oxygen atoms in total. The van der Waals surface area contributed by atoms with E-state index in [1.54, 1.807) is 0 Å². The minimum absolute atomic E-state index is 0. The van der Waals surface area contributed by atoms with Crippen LogP contribution in [0, 0.1) is 0 Å². The summed E-state index contributed by atoms with van der Waals surface area (Å²) in [5.41, 5.74) is 0. The van der Waals surface area contributed by atoms with Crippen molar-refractivity contribution in [2.75, 3.05) is 0 Å². The van der Waals surface area contributed by atoms with E-state index in [9.17, 15) is 18.1 Å². The summed E-state index contributed by atoms with van der Waals surface area (Å²) in [5.74, 6) is 0. The van der Waals surface area contributed by atoms with Crippen LogP contribution in [0.3, 0.4) is 0 Å². The predicted molar refractivity (Wildman–Crippen MR) is 81.6 cm³/mol. The maximum atomic E-state index is 10.7. The Hall–Kier alpha value is 1.51. The molecule has 21 heavy (non-hydrogen) atoms. The molecule has 0 saturated carbocycles. The number of hydrogen-bond acceptors (Lipinski definition) is 4. The average molecular weight is 347 g/mol. The first-order valence-electron chi connectivity index (χ1n) is 8.02. The SMILES string of the molecule is CCCCCCCCCCCCC(O)C(C)S(=O)(=O)[O-].[K+]. The fourth-order valence-corrected chi connectivity index (χ4v) is 2.79. The van der Waals surface area contributed by atoms with Crippen LogP contribution in [0.2, 0.25) is 0 Å². The minimum atomic E-state index is -4.36. The van der Waals surface area contributed by atoms with Crippen molar-refractivity contribution in [3.63, 3.8) is 0 Å². The van der Waals surface area contributed by atoms with E-state index in [1.165, 1.54) is 51.9 Å². The molecule has 122 valence electrons. The third kappa shape index (κ3) is 14.8. The first kappa shape index (κ1) is 24.8. The fraction of sp³-hybridized carbons (Fsp3) is 1.00.